The Hall–Kier alpha value is -2.43. The van der Waals surface area contributed by atoms with Gasteiger partial charge >= 0.3 is 5.97 Å². The fourth-order valence-electron chi connectivity index (χ4n) is 3.33. The van der Waals surface area contributed by atoms with Gasteiger partial charge < -0.3 is 10.0 Å². The molecule has 2 heterocycles. The summed E-state index contributed by atoms with van der Waals surface area (Å²) in [5.74, 6) is -0.764. The number of aryl methyl sites for hydroxylation is 1. The van der Waals surface area contributed by atoms with E-state index in [0.29, 0.717) is 19.4 Å². The number of carbonyl (C=O) groups excluding carboxylic acids is 1. The van der Waals surface area contributed by atoms with E-state index >= 15 is 0 Å². The molecule has 0 saturated carbocycles. The Bertz CT molecular complexity index is 709. The molecule has 0 radical (unpaired) electrons. The van der Waals surface area contributed by atoms with Gasteiger partial charge in [-0.25, -0.2) is 4.79 Å². The van der Waals surface area contributed by atoms with Gasteiger partial charge in [-0.1, -0.05) is 37.1 Å². The number of nitrogens with zero attached hydrogens (tertiary/aromatic N) is 2. The van der Waals surface area contributed by atoms with Gasteiger partial charge in [-0.3, -0.25) is 9.78 Å². The van der Waals surface area contributed by atoms with Gasteiger partial charge in [0.25, 0.3) is 0 Å². The van der Waals surface area contributed by atoms with Gasteiger partial charge in [0, 0.05) is 25.4 Å². The van der Waals surface area contributed by atoms with Crippen molar-refractivity contribution in [2.45, 2.75) is 64.8 Å². The van der Waals surface area contributed by atoms with Crippen molar-refractivity contribution < 1.29 is 14.7 Å². The Labute approximate surface area is 161 Å². The molecule has 0 unspecified atom stereocenters. The van der Waals surface area contributed by atoms with Gasteiger partial charge in [0.2, 0.25) is 5.91 Å². The fraction of sp³-hybridized carbons (Fsp3) is 0.500. The lowest BCUT2D eigenvalue weighted by Crippen LogP contribution is -2.32. The summed E-state index contributed by atoms with van der Waals surface area (Å²) in [7, 11) is 0. The van der Waals surface area contributed by atoms with E-state index in [0.717, 1.165) is 24.8 Å². The molecule has 1 aromatic heterocycles. The zero-order chi connectivity index (χ0) is 19.6. The van der Waals surface area contributed by atoms with Crippen LogP contribution in [0.1, 0.15) is 68.3 Å². The highest BCUT2D eigenvalue weighted by Gasteiger charge is 2.28. The number of hydrogen-bond donors (Lipinski definition) is 1. The summed E-state index contributed by atoms with van der Waals surface area (Å²) < 4.78 is 0. The highest BCUT2D eigenvalue weighted by Crippen LogP contribution is 2.21. The zero-order valence-electron chi connectivity index (χ0n) is 16.4. The van der Waals surface area contributed by atoms with E-state index in [1.165, 1.54) is 24.6 Å². The van der Waals surface area contributed by atoms with Crippen molar-refractivity contribution in [1.82, 2.24) is 9.88 Å². The Morgan fingerprint density at radius 3 is 2.93 bits per heavy atom. The van der Waals surface area contributed by atoms with Crippen LogP contribution in [0, 0.1) is 0 Å². The summed E-state index contributed by atoms with van der Waals surface area (Å²) in [4.78, 5) is 29.1. The molecule has 1 saturated heterocycles. The normalized spacial score (nSPS) is 17.9. The van der Waals surface area contributed by atoms with Crippen molar-refractivity contribution in [2.24, 2.45) is 0 Å². The molecule has 1 aliphatic heterocycles. The predicted octanol–water partition coefficient (Wildman–Crippen LogP) is 4.40. The molecule has 1 aliphatic rings. The van der Waals surface area contributed by atoms with Crippen LogP contribution in [0.2, 0.25) is 0 Å². The molecule has 0 bridgehead atoms. The van der Waals surface area contributed by atoms with Crippen LogP contribution in [-0.2, 0) is 11.2 Å². The molecule has 1 fully saturated rings. The number of allylic oxidation sites excluding steroid dienone is 3. The van der Waals surface area contributed by atoms with Crippen molar-refractivity contribution in [1.29, 1.82) is 0 Å². The highest BCUT2D eigenvalue weighted by atomic mass is 16.4. The number of carbonyl (C=O) groups is 2. The molecule has 0 spiro atoms. The number of rotatable bonds is 10. The van der Waals surface area contributed by atoms with Crippen molar-refractivity contribution in [3.63, 3.8) is 0 Å². The molecule has 5 heteroatoms. The molecular formula is C22H30N2O3. The topological polar surface area (TPSA) is 70.5 Å². The number of unbranched alkanes of at least 4 members (excludes halogenated alkanes) is 1. The summed E-state index contributed by atoms with van der Waals surface area (Å²) in [6.45, 7) is 5.03. The van der Waals surface area contributed by atoms with Crippen molar-refractivity contribution in [3.8, 4) is 0 Å². The van der Waals surface area contributed by atoms with Crippen LogP contribution in [0.25, 0.3) is 0 Å². The maximum Gasteiger partial charge on any atom is 0.337 e. The number of aromatic carboxylic acids is 1. The number of likely N-dealkylation sites (tertiary alicyclic amines) is 1. The Morgan fingerprint density at radius 2 is 2.19 bits per heavy atom. The predicted molar refractivity (Wildman–Crippen MR) is 107 cm³/mol. The zero-order valence-corrected chi connectivity index (χ0v) is 16.4. The average molecular weight is 370 g/mol. The number of amides is 1. The lowest BCUT2D eigenvalue weighted by atomic mass is 10.1. The minimum atomic E-state index is -0.966. The molecule has 2 rings (SSSR count). The average Bonchev–Trinajstić information content (AvgIpc) is 3.00. The summed E-state index contributed by atoms with van der Waals surface area (Å²) in [5, 5.41) is 9.04. The largest absolute Gasteiger partial charge is 0.478 e. The third-order valence-corrected chi connectivity index (χ3v) is 4.92. The van der Waals surface area contributed by atoms with Gasteiger partial charge in [-0.15, -0.1) is 0 Å². The molecule has 0 aromatic carbocycles. The summed E-state index contributed by atoms with van der Waals surface area (Å²) in [5.41, 5.74) is 2.47. The number of pyridine rings is 1. The van der Waals surface area contributed by atoms with Crippen LogP contribution in [0.15, 0.2) is 42.3 Å². The Morgan fingerprint density at radius 1 is 1.37 bits per heavy atom. The number of carboxylic acid groups (broad SMARTS) is 1. The fourth-order valence-corrected chi connectivity index (χ4v) is 3.33. The van der Waals surface area contributed by atoms with Crippen LogP contribution in [0.3, 0.4) is 0 Å². The first kappa shape index (κ1) is 20.9. The summed E-state index contributed by atoms with van der Waals surface area (Å²) in [6.07, 6.45) is 15.9. The highest BCUT2D eigenvalue weighted by molar-refractivity contribution is 5.87. The smallest absolute Gasteiger partial charge is 0.337 e. The SMILES string of the molecule is CCCC/C(C)=C/C=C/[C@H]1CCC(=O)N1CCCc1cncc(C(=O)O)c1. The van der Waals surface area contributed by atoms with Crippen LogP contribution in [-0.4, -0.2) is 39.5 Å². The van der Waals surface area contributed by atoms with Gasteiger partial charge in [0.05, 0.1) is 11.6 Å². The van der Waals surface area contributed by atoms with E-state index in [9.17, 15) is 9.59 Å². The molecule has 1 amide bonds. The summed E-state index contributed by atoms with van der Waals surface area (Å²) in [6, 6.07) is 1.82. The standard InChI is InChI=1S/C22H30N2O3/c1-3-4-7-17(2)8-5-10-20-11-12-21(25)24(20)13-6-9-18-14-19(22(26)27)16-23-15-18/h5,8,10,14-16,20H,3-4,6-7,9,11-13H2,1-2H3,(H,26,27)/b10-5+,17-8+/t20-/m0/s1. The molecule has 27 heavy (non-hydrogen) atoms. The first-order valence-corrected chi connectivity index (χ1v) is 9.82. The molecule has 0 aliphatic carbocycles. The third-order valence-electron chi connectivity index (χ3n) is 4.92. The molecule has 1 atom stereocenters. The number of hydrogen-bond acceptors (Lipinski definition) is 3. The molecule has 1 aromatic rings. The minimum Gasteiger partial charge on any atom is -0.478 e. The maximum absolute atomic E-state index is 12.2. The van der Waals surface area contributed by atoms with Gasteiger partial charge in [-0.05, 0) is 50.7 Å². The number of aromatic nitrogens is 1. The first-order valence-electron chi connectivity index (χ1n) is 9.82. The minimum absolute atomic E-state index is 0.163. The molecule has 5 nitrogen and oxygen atoms in total. The van der Waals surface area contributed by atoms with Crippen LogP contribution >= 0.6 is 0 Å². The van der Waals surface area contributed by atoms with E-state index < -0.39 is 5.97 Å². The second kappa shape index (κ2) is 10.7. The monoisotopic (exact) mass is 370 g/mol. The van der Waals surface area contributed by atoms with Gasteiger partial charge in [-0.2, -0.15) is 0 Å². The lowest BCUT2D eigenvalue weighted by Gasteiger charge is -2.22. The van der Waals surface area contributed by atoms with Crippen molar-refractivity contribution >= 4 is 11.9 Å². The second-order valence-electron chi connectivity index (χ2n) is 7.19. The molecular weight excluding hydrogens is 340 g/mol. The van der Waals surface area contributed by atoms with E-state index in [1.54, 1.807) is 12.3 Å². The van der Waals surface area contributed by atoms with E-state index in [4.69, 9.17) is 5.11 Å². The quantitative estimate of drug-likeness (QED) is 0.620. The van der Waals surface area contributed by atoms with Crippen LogP contribution in [0.4, 0.5) is 0 Å². The van der Waals surface area contributed by atoms with E-state index in [-0.39, 0.29) is 17.5 Å². The first-order chi connectivity index (χ1) is 13.0. The molecule has 146 valence electrons. The van der Waals surface area contributed by atoms with Crippen LogP contribution < -0.4 is 0 Å². The maximum atomic E-state index is 12.2. The van der Waals surface area contributed by atoms with E-state index in [1.807, 2.05) is 4.90 Å². The lowest BCUT2D eigenvalue weighted by molar-refractivity contribution is -0.128. The molecule has 1 N–H and O–H groups in total. The van der Waals surface area contributed by atoms with E-state index in [2.05, 4.69) is 37.1 Å². The second-order valence-corrected chi connectivity index (χ2v) is 7.19. The van der Waals surface area contributed by atoms with Gasteiger partial charge in [0.1, 0.15) is 0 Å². The van der Waals surface area contributed by atoms with Crippen molar-refractivity contribution in [3.05, 3.63) is 53.4 Å². The number of carboxylic acids is 1. The van der Waals surface area contributed by atoms with Crippen molar-refractivity contribution in [2.75, 3.05) is 6.54 Å². The Balaban J connectivity index is 1.87. The van der Waals surface area contributed by atoms with Gasteiger partial charge in [0.15, 0.2) is 0 Å². The summed E-state index contributed by atoms with van der Waals surface area (Å²) >= 11 is 0. The van der Waals surface area contributed by atoms with Crippen LogP contribution in [0.5, 0.6) is 0 Å². The third kappa shape index (κ3) is 6.66. The Kier molecular flexibility index (Phi) is 8.24.